The van der Waals surface area contributed by atoms with E-state index in [0.717, 1.165) is 0 Å². The highest BCUT2D eigenvalue weighted by molar-refractivity contribution is 7.81. The van der Waals surface area contributed by atoms with Crippen LogP contribution in [0.3, 0.4) is 0 Å². The molecule has 3 heterocycles. The first kappa shape index (κ1) is 14.4. The van der Waals surface area contributed by atoms with Gasteiger partial charge in [0.15, 0.2) is 0 Å². The summed E-state index contributed by atoms with van der Waals surface area (Å²) in [6, 6.07) is 1.72. The number of piperazine rings is 1. The van der Waals surface area contributed by atoms with Crippen molar-refractivity contribution in [3.63, 3.8) is 0 Å². The number of aromatic nitrogens is 3. The van der Waals surface area contributed by atoms with Gasteiger partial charge in [0.05, 0.1) is 16.4 Å². The molecule has 0 aromatic carbocycles. The zero-order valence-electron chi connectivity index (χ0n) is 11.4. The lowest BCUT2D eigenvalue weighted by Crippen LogP contribution is -2.48. The normalized spacial score (nSPS) is 18.1. The first-order valence-corrected chi connectivity index (χ1v) is 8.32. The summed E-state index contributed by atoms with van der Waals surface area (Å²) in [5, 5.41) is 0.932. The van der Waals surface area contributed by atoms with Gasteiger partial charge in [0.2, 0.25) is 0 Å². The molecule has 1 aliphatic rings. The van der Waals surface area contributed by atoms with Crippen molar-refractivity contribution in [1.29, 1.82) is 0 Å². The van der Waals surface area contributed by atoms with Gasteiger partial charge in [-0.25, -0.2) is 18.5 Å². The molecule has 1 aliphatic heterocycles. The predicted molar refractivity (Wildman–Crippen MR) is 83.0 cm³/mol. The van der Waals surface area contributed by atoms with Crippen LogP contribution < -0.4 is 10.5 Å². The molecule has 3 rings (SSSR count). The molecular formula is C12H14ClN5O2S. The van der Waals surface area contributed by atoms with Gasteiger partial charge in [-0.2, -0.15) is 0 Å². The average molecular weight is 328 g/mol. The van der Waals surface area contributed by atoms with Crippen molar-refractivity contribution in [2.75, 3.05) is 37.3 Å². The second-order valence-corrected chi connectivity index (χ2v) is 6.47. The Bertz CT molecular complexity index is 757. The highest BCUT2D eigenvalue weighted by Gasteiger charge is 2.21. The first-order chi connectivity index (χ1) is 10.1. The Morgan fingerprint density at radius 1 is 1.29 bits per heavy atom. The van der Waals surface area contributed by atoms with Crippen LogP contribution in [-0.4, -0.2) is 55.9 Å². The minimum absolute atomic E-state index is 0.205. The van der Waals surface area contributed by atoms with E-state index in [1.54, 1.807) is 12.3 Å². The van der Waals surface area contributed by atoms with Crippen molar-refractivity contribution in [3.8, 4) is 0 Å². The van der Waals surface area contributed by atoms with E-state index in [4.69, 9.17) is 11.6 Å². The average Bonchev–Trinajstić information content (AvgIpc) is 2.47. The summed E-state index contributed by atoms with van der Waals surface area (Å²) in [5.41, 5.74) is 0.765. The molecule has 1 saturated heterocycles. The van der Waals surface area contributed by atoms with E-state index in [0.29, 0.717) is 48.1 Å². The van der Waals surface area contributed by atoms with Crippen LogP contribution in [0.25, 0.3) is 11.0 Å². The predicted octanol–water partition coefficient (Wildman–Crippen LogP) is 0.387. The fraction of sp³-hybridized carbons (Fsp3) is 0.417. The van der Waals surface area contributed by atoms with Gasteiger partial charge in [0.1, 0.15) is 22.8 Å². The van der Waals surface area contributed by atoms with Gasteiger partial charge >= 0.3 is 0 Å². The van der Waals surface area contributed by atoms with Crippen molar-refractivity contribution >= 4 is 39.3 Å². The molecule has 1 unspecified atom stereocenters. The molecule has 0 amide bonds. The number of aromatic amines is 1. The van der Waals surface area contributed by atoms with Crippen molar-refractivity contribution in [3.05, 3.63) is 27.9 Å². The second-order valence-electron chi connectivity index (χ2n) is 4.75. The van der Waals surface area contributed by atoms with Gasteiger partial charge in [-0.15, -0.1) is 0 Å². The number of nitrogens with zero attached hydrogens (tertiary/aromatic N) is 4. The van der Waals surface area contributed by atoms with Crippen LogP contribution in [0.2, 0.25) is 5.15 Å². The van der Waals surface area contributed by atoms with Gasteiger partial charge in [-0.05, 0) is 6.07 Å². The third-order valence-corrected chi connectivity index (χ3v) is 4.92. The molecule has 1 atom stereocenters. The maximum absolute atomic E-state index is 12.2. The number of rotatable bonds is 2. The van der Waals surface area contributed by atoms with Gasteiger partial charge in [0, 0.05) is 32.4 Å². The summed E-state index contributed by atoms with van der Waals surface area (Å²) >= 11 is 6.04. The zero-order valence-corrected chi connectivity index (χ0v) is 12.9. The highest BCUT2D eigenvalue weighted by Crippen LogP contribution is 2.21. The maximum Gasteiger partial charge on any atom is 0.273 e. The number of halogens is 1. The Hall–Kier alpha value is -1.51. The number of fused-ring (bicyclic) bond motifs is 1. The van der Waals surface area contributed by atoms with E-state index in [9.17, 15) is 9.00 Å². The van der Waals surface area contributed by atoms with Crippen LogP contribution in [-0.2, 0) is 11.0 Å². The molecule has 0 saturated carbocycles. The number of hydrogen-bond donors (Lipinski definition) is 1. The minimum Gasteiger partial charge on any atom is -0.364 e. The Kier molecular flexibility index (Phi) is 3.92. The Morgan fingerprint density at radius 2 is 2.00 bits per heavy atom. The molecule has 112 valence electrons. The van der Waals surface area contributed by atoms with Crippen LogP contribution in [0, 0.1) is 0 Å². The SMILES string of the molecule is CS(=O)N1CCN(c2cc3c(Cl)ncnc3[nH]c2=O)CC1. The largest absolute Gasteiger partial charge is 0.364 e. The molecule has 0 bridgehead atoms. The molecule has 1 fully saturated rings. The number of anilines is 1. The minimum atomic E-state index is -0.975. The quantitative estimate of drug-likeness (QED) is 0.807. The first-order valence-electron chi connectivity index (χ1n) is 6.43. The maximum atomic E-state index is 12.2. The number of pyridine rings is 1. The van der Waals surface area contributed by atoms with E-state index in [-0.39, 0.29) is 5.56 Å². The molecule has 9 heteroatoms. The summed E-state index contributed by atoms with van der Waals surface area (Å²) < 4.78 is 13.3. The summed E-state index contributed by atoms with van der Waals surface area (Å²) in [6.45, 7) is 2.58. The number of hydrogen-bond acceptors (Lipinski definition) is 5. The number of nitrogens with one attached hydrogen (secondary N) is 1. The second kappa shape index (κ2) is 5.70. The van der Waals surface area contributed by atoms with Crippen LogP contribution in [0.4, 0.5) is 5.69 Å². The molecular weight excluding hydrogens is 314 g/mol. The van der Waals surface area contributed by atoms with Crippen LogP contribution >= 0.6 is 11.6 Å². The summed E-state index contributed by atoms with van der Waals surface area (Å²) in [6.07, 6.45) is 2.98. The topological polar surface area (TPSA) is 82.2 Å². The molecule has 21 heavy (non-hydrogen) atoms. The molecule has 0 spiro atoms. The fourth-order valence-electron chi connectivity index (χ4n) is 2.40. The van der Waals surface area contributed by atoms with Crippen LogP contribution in [0.5, 0.6) is 0 Å². The Balaban J connectivity index is 1.94. The van der Waals surface area contributed by atoms with E-state index < -0.39 is 11.0 Å². The number of H-pyrrole nitrogens is 1. The van der Waals surface area contributed by atoms with Crippen LogP contribution in [0.15, 0.2) is 17.2 Å². The van der Waals surface area contributed by atoms with Crippen molar-refractivity contribution in [2.45, 2.75) is 0 Å². The lowest BCUT2D eigenvalue weighted by molar-refractivity contribution is 0.412. The third-order valence-electron chi connectivity index (χ3n) is 3.52. The smallest absolute Gasteiger partial charge is 0.273 e. The lowest BCUT2D eigenvalue weighted by atomic mass is 10.2. The molecule has 2 aromatic rings. The van der Waals surface area contributed by atoms with Gasteiger partial charge < -0.3 is 9.88 Å². The van der Waals surface area contributed by atoms with Gasteiger partial charge in [0.25, 0.3) is 5.56 Å². The van der Waals surface area contributed by atoms with E-state index in [1.165, 1.54) is 6.33 Å². The fourth-order valence-corrected chi connectivity index (χ4v) is 3.26. The monoisotopic (exact) mass is 327 g/mol. The summed E-state index contributed by atoms with van der Waals surface area (Å²) in [4.78, 5) is 24.8. The van der Waals surface area contributed by atoms with Gasteiger partial charge in [-0.1, -0.05) is 11.6 Å². The van der Waals surface area contributed by atoms with Crippen LogP contribution in [0.1, 0.15) is 0 Å². The zero-order chi connectivity index (χ0) is 15.0. The standard InChI is InChI=1S/C12H14ClN5O2S/c1-21(20)18-4-2-17(3-5-18)9-6-8-10(13)14-7-15-11(8)16-12(9)19/h6-7H,2-5H2,1H3,(H,14,15,16,19). The van der Waals surface area contributed by atoms with E-state index >= 15 is 0 Å². The molecule has 0 aliphatic carbocycles. The highest BCUT2D eigenvalue weighted by atomic mass is 35.5. The summed E-state index contributed by atoms with van der Waals surface area (Å²) in [7, 11) is -0.975. The Morgan fingerprint density at radius 3 is 2.67 bits per heavy atom. The molecule has 7 nitrogen and oxygen atoms in total. The van der Waals surface area contributed by atoms with Crippen molar-refractivity contribution < 1.29 is 4.21 Å². The van der Waals surface area contributed by atoms with E-state index in [2.05, 4.69) is 15.0 Å². The molecule has 0 radical (unpaired) electrons. The van der Waals surface area contributed by atoms with Crippen molar-refractivity contribution in [1.82, 2.24) is 19.3 Å². The van der Waals surface area contributed by atoms with E-state index in [1.807, 2.05) is 9.21 Å². The molecule has 1 N–H and O–H groups in total. The third kappa shape index (κ3) is 2.78. The summed E-state index contributed by atoms with van der Waals surface area (Å²) in [5.74, 6) is 0. The van der Waals surface area contributed by atoms with Gasteiger partial charge in [-0.3, -0.25) is 4.79 Å². The lowest BCUT2D eigenvalue weighted by Gasteiger charge is -2.34. The van der Waals surface area contributed by atoms with Crippen molar-refractivity contribution in [2.24, 2.45) is 0 Å². The Labute approximate surface area is 128 Å². The molecule has 2 aromatic heterocycles.